The molecular formula is C27H29BrFN3O4S. The van der Waals surface area contributed by atoms with Crippen molar-refractivity contribution in [1.29, 1.82) is 0 Å². The quantitative estimate of drug-likeness (QED) is 0.373. The summed E-state index contributed by atoms with van der Waals surface area (Å²) in [5, 5.41) is 2.70. The molecule has 3 aromatic rings. The Morgan fingerprint density at radius 3 is 2.22 bits per heavy atom. The number of carbonyl (C=O) groups excluding carboxylic acids is 2. The molecule has 10 heteroatoms. The third-order valence-electron chi connectivity index (χ3n) is 5.79. The van der Waals surface area contributed by atoms with Crippen LogP contribution in [0.4, 0.5) is 10.1 Å². The Morgan fingerprint density at radius 2 is 1.62 bits per heavy atom. The van der Waals surface area contributed by atoms with Crippen molar-refractivity contribution in [2.75, 3.05) is 17.4 Å². The van der Waals surface area contributed by atoms with Crippen molar-refractivity contribution in [3.05, 3.63) is 94.2 Å². The van der Waals surface area contributed by atoms with Crippen LogP contribution in [0.1, 0.15) is 25.0 Å². The highest BCUT2D eigenvalue weighted by Gasteiger charge is 2.33. The molecule has 0 bridgehead atoms. The zero-order valence-corrected chi connectivity index (χ0v) is 23.2. The van der Waals surface area contributed by atoms with Gasteiger partial charge in [0, 0.05) is 17.6 Å². The smallest absolute Gasteiger partial charge is 0.264 e. The number of aryl methyl sites for hydroxylation is 1. The van der Waals surface area contributed by atoms with E-state index >= 15 is 0 Å². The van der Waals surface area contributed by atoms with Gasteiger partial charge in [0.15, 0.2) is 0 Å². The summed E-state index contributed by atoms with van der Waals surface area (Å²) in [6.45, 7) is 4.88. The van der Waals surface area contributed by atoms with Crippen molar-refractivity contribution in [3.8, 4) is 0 Å². The third kappa shape index (κ3) is 6.95. The fourth-order valence-corrected chi connectivity index (χ4v) is 5.38. The average molecular weight is 591 g/mol. The monoisotopic (exact) mass is 589 g/mol. The standard InChI is InChI=1S/C27H29BrFN3O4S/c1-4-30-27(34)20(3)31(17-21-11-13-22(28)14-12-21)26(33)18-32(25-8-6-5-7-24(25)29)37(35,36)23-15-9-19(2)10-16-23/h5-16,20H,4,17-18H2,1-3H3,(H,30,34). The van der Waals surface area contributed by atoms with Crippen molar-refractivity contribution in [1.82, 2.24) is 10.2 Å². The van der Waals surface area contributed by atoms with Crippen molar-refractivity contribution in [3.63, 3.8) is 0 Å². The molecule has 0 saturated heterocycles. The Morgan fingerprint density at radius 1 is 1.00 bits per heavy atom. The lowest BCUT2D eigenvalue weighted by Crippen LogP contribution is -2.51. The van der Waals surface area contributed by atoms with E-state index in [4.69, 9.17) is 0 Å². The lowest BCUT2D eigenvalue weighted by Gasteiger charge is -2.32. The van der Waals surface area contributed by atoms with Gasteiger partial charge in [0.05, 0.1) is 10.6 Å². The molecule has 3 aromatic carbocycles. The van der Waals surface area contributed by atoms with Gasteiger partial charge in [-0.15, -0.1) is 0 Å². The zero-order valence-electron chi connectivity index (χ0n) is 20.8. The van der Waals surface area contributed by atoms with Gasteiger partial charge in [-0.05, 0) is 62.7 Å². The summed E-state index contributed by atoms with van der Waals surface area (Å²) in [4.78, 5) is 27.6. The highest BCUT2D eigenvalue weighted by Crippen LogP contribution is 2.27. The molecule has 0 aromatic heterocycles. The van der Waals surface area contributed by atoms with Gasteiger partial charge in [0.2, 0.25) is 11.8 Å². The van der Waals surface area contributed by atoms with Crippen molar-refractivity contribution in [2.45, 2.75) is 38.3 Å². The summed E-state index contributed by atoms with van der Waals surface area (Å²) in [5.74, 6) is -1.82. The number of halogens is 2. The number of hydrogen-bond donors (Lipinski definition) is 1. The molecule has 0 heterocycles. The van der Waals surface area contributed by atoms with Crippen LogP contribution in [0.15, 0.2) is 82.2 Å². The normalized spacial score (nSPS) is 12.0. The maximum Gasteiger partial charge on any atom is 0.264 e. The van der Waals surface area contributed by atoms with Crippen molar-refractivity contribution in [2.24, 2.45) is 0 Å². The predicted octanol–water partition coefficient (Wildman–Crippen LogP) is 4.65. The SMILES string of the molecule is CCNC(=O)C(C)N(Cc1ccc(Br)cc1)C(=O)CN(c1ccccc1F)S(=O)(=O)c1ccc(C)cc1. The van der Waals surface area contributed by atoms with Crippen LogP contribution in [0.25, 0.3) is 0 Å². The van der Waals surface area contributed by atoms with Gasteiger partial charge in [-0.2, -0.15) is 0 Å². The van der Waals surface area contributed by atoms with Crippen LogP contribution in [0.3, 0.4) is 0 Å². The number of amides is 2. The molecule has 0 aliphatic rings. The highest BCUT2D eigenvalue weighted by atomic mass is 79.9. The topological polar surface area (TPSA) is 86.8 Å². The van der Waals surface area contributed by atoms with Crippen LogP contribution in [-0.2, 0) is 26.2 Å². The Labute approximate surface area is 225 Å². The number of sulfonamides is 1. The molecular weight excluding hydrogens is 561 g/mol. The summed E-state index contributed by atoms with van der Waals surface area (Å²) >= 11 is 3.37. The van der Waals surface area contributed by atoms with Crippen LogP contribution >= 0.6 is 15.9 Å². The third-order valence-corrected chi connectivity index (χ3v) is 8.10. The van der Waals surface area contributed by atoms with Gasteiger partial charge in [-0.25, -0.2) is 12.8 Å². The fraction of sp³-hybridized carbons (Fsp3) is 0.259. The highest BCUT2D eigenvalue weighted by molar-refractivity contribution is 9.10. The summed E-state index contributed by atoms with van der Waals surface area (Å²) in [6.07, 6.45) is 0. The molecule has 196 valence electrons. The van der Waals surface area contributed by atoms with Crippen LogP contribution in [0.5, 0.6) is 0 Å². The molecule has 0 saturated carbocycles. The number of anilines is 1. The maximum absolute atomic E-state index is 14.9. The number of para-hydroxylation sites is 1. The Bertz CT molecular complexity index is 1350. The first-order chi connectivity index (χ1) is 17.5. The second-order valence-electron chi connectivity index (χ2n) is 8.49. The first-order valence-corrected chi connectivity index (χ1v) is 13.9. The minimum atomic E-state index is -4.32. The van der Waals surface area contributed by atoms with Crippen molar-refractivity contribution >= 4 is 43.5 Å². The molecule has 0 aliphatic heterocycles. The minimum Gasteiger partial charge on any atom is -0.355 e. The second-order valence-corrected chi connectivity index (χ2v) is 11.3. The van der Waals surface area contributed by atoms with E-state index in [2.05, 4.69) is 21.2 Å². The van der Waals surface area contributed by atoms with E-state index in [-0.39, 0.29) is 23.0 Å². The van der Waals surface area contributed by atoms with Crippen molar-refractivity contribution < 1.29 is 22.4 Å². The Hall–Kier alpha value is -3.24. The first-order valence-electron chi connectivity index (χ1n) is 11.7. The van der Waals surface area contributed by atoms with Gasteiger partial charge in [-0.3, -0.25) is 13.9 Å². The largest absolute Gasteiger partial charge is 0.355 e. The van der Waals surface area contributed by atoms with E-state index in [0.29, 0.717) is 6.54 Å². The number of likely N-dealkylation sites (N-methyl/N-ethyl adjacent to an activating group) is 1. The van der Waals surface area contributed by atoms with Gasteiger partial charge >= 0.3 is 0 Å². The van der Waals surface area contributed by atoms with Crippen LogP contribution in [-0.4, -0.2) is 44.3 Å². The lowest BCUT2D eigenvalue weighted by molar-refractivity contribution is -0.139. The van der Waals surface area contributed by atoms with Gasteiger partial charge in [0.1, 0.15) is 18.4 Å². The molecule has 1 atom stereocenters. The van der Waals surface area contributed by atoms with E-state index in [1.807, 2.05) is 19.1 Å². The minimum absolute atomic E-state index is 0.0557. The molecule has 0 spiro atoms. The number of nitrogens with zero attached hydrogens (tertiary/aromatic N) is 2. The van der Waals surface area contributed by atoms with E-state index in [9.17, 15) is 22.4 Å². The van der Waals surface area contributed by atoms with E-state index in [1.165, 1.54) is 35.2 Å². The molecule has 0 aliphatic carbocycles. The number of rotatable bonds is 10. The van der Waals surface area contributed by atoms with Crippen LogP contribution in [0.2, 0.25) is 0 Å². The lowest BCUT2D eigenvalue weighted by atomic mass is 10.1. The number of benzene rings is 3. The number of hydrogen-bond acceptors (Lipinski definition) is 4. The molecule has 2 amide bonds. The first kappa shape index (κ1) is 28.3. The summed E-state index contributed by atoms with van der Waals surface area (Å²) in [6, 6.07) is 17.8. The molecule has 0 radical (unpaired) electrons. The molecule has 3 rings (SSSR count). The molecule has 1 N–H and O–H groups in total. The van der Waals surface area contributed by atoms with Gasteiger partial charge in [-0.1, -0.05) is 57.9 Å². The van der Waals surface area contributed by atoms with Gasteiger partial charge in [0.25, 0.3) is 10.0 Å². The fourth-order valence-electron chi connectivity index (χ4n) is 3.70. The summed E-state index contributed by atoms with van der Waals surface area (Å²) < 4.78 is 43.8. The summed E-state index contributed by atoms with van der Waals surface area (Å²) in [5.41, 5.74) is 1.33. The molecule has 37 heavy (non-hydrogen) atoms. The summed E-state index contributed by atoms with van der Waals surface area (Å²) in [7, 11) is -4.32. The molecule has 1 unspecified atom stereocenters. The Balaban J connectivity index is 2.03. The number of carbonyl (C=O) groups is 2. The van der Waals surface area contributed by atoms with E-state index < -0.39 is 34.3 Å². The van der Waals surface area contributed by atoms with Gasteiger partial charge < -0.3 is 10.2 Å². The van der Waals surface area contributed by atoms with E-state index in [0.717, 1.165) is 26.0 Å². The molecule has 7 nitrogen and oxygen atoms in total. The number of nitrogens with one attached hydrogen (secondary N) is 1. The van der Waals surface area contributed by atoms with Crippen LogP contribution < -0.4 is 9.62 Å². The second kappa shape index (κ2) is 12.3. The van der Waals surface area contributed by atoms with E-state index in [1.54, 1.807) is 38.1 Å². The molecule has 0 fully saturated rings. The maximum atomic E-state index is 14.9. The van der Waals surface area contributed by atoms with Crippen LogP contribution in [0, 0.1) is 12.7 Å². The zero-order chi connectivity index (χ0) is 27.2. The average Bonchev–Trinajstić information content (AvgIpc) is 2.87. The predicted molar refractivity (Wildman–Crippen MR) is 145 cm³/mol. The Kier molecular flexibility index (Phi) is 9.45.